The van der Waals surface area contributed by atoms with Crippen LogP contribution < -0.4 is 5.32 Å². The molecule has 96 valence electrons. The maximum absolute atomic E-state index is 3.67. The standard InChI is InChI=1S/C15H25NS/c1-4-17-11-10-13(2)16-14(3)12-15-8-6-5-7-9-15/h5-9,13-14,16H,4,10-12H2,1-3H3. The molecule has 0 saturated carbocycles. The Hall–Kier alpha value is -0.470. The smallest absolute Gasteiger partial charge is 0.00816 e. The zero-order valence-corrected chi connectivity index (χ0v) is 12.1. The molecule has 2 heteroatoms. The Kier molecular flexibility index (Phi) is 7.38. The van der Waals surface area contributed by atoms with Crippen LogP contribution in [0.5, 0.6) is 0 Å². The van der Waals surface area contributed by atoms with Crippen LogP contribution in [-0.2, 0) is 6.42 Å². The lowest BCUT2D eigenvalue weighted by Crippen LogP contribution is -2.36. The normalized spacial score (nSPS) is 14.5. The van der Waals surface area contributed by atoms with E-state index in [0.29, 0.717) is 12.1 Å². The van der Waals surface area contributed by atoms with E-state index in [2.05, 4.69) is 56.4 Å². The molecule has 2 unspecified atom stereocenters. The Morgan fingerprint density at radius 1 is 1.12 bits per heavy atom. The third-order valence-corrected chi connectivity index (χ3v) is 3.79. The van der Waals surface area contributed by atoms with E-state index in [0.717, 1.165) is 6.42 Å². The van der Waals surface area contributed by atoms with Gasteiger partial charge in [-0.2, -0.15) is 11.8 Å². The molecule has 1 rings (SSSR count). The minimum absolute atomic E-state index is 0.555. The largest absolute Gasteiger partial charge is 0.311 e. The van der Waals surface area contributed by atoms with E-state index in [4.69, 9.17) is 0 Å². The number of benzene rings is 1. The Morgan fingerprint density at radius 2 is 1.82 bits per heavy atom. The van der Waals surface area contributed by atoms with Crippen LogP contribution in [0.15, 0.2) is 30.3 Å². The van der Waals surface area contributed by atoms with E-state index < -0.39 is 0 Å². The van der Waals surface area contributed by atoms with Gasteiger partial charge in [0.15, 0.2) is 0 Å². The molecule has 1 N–H and O–H groups in total. The molecule has 0 aliphatic carbocycles. The molecular weight excluding hydrogens is 226 g/mol. The van der Waals surface area contributed by atoms with Crippen molar-refractivity contribution in [2.75, 3.05) is 11.5 Å². The van der Waals surface area contributed by atoms with E-state index in [-0.39, 0.29) is 0 Å². The minimum atomic E-state index is 0.555. The summed E-state index contributed by atoms with van der Waals surface area (Å²) in [5, 5.41) is 3.67. The molecule has 0 spiro atoms. The van der Waals surface area contributed by atoms with Gasteiger partial charge >= 0.3 is 0 Å². The fourth-order valence-corrected chi connectivity index (χ4v) is 2.81. The van der Waals surface area contributed by atoms with Crippen LogP contribution in [0.4, 0.5) is 0 Å². The SMILES string of the molecule is CCSCCC(C)NC(C)Cc1ccccc1. The Morgan fingerprint density at radius 3 is 2.47 bits per heavy atom. The highest BCUT2D eigenvalue weighted by Gasteiger charge is 2.07. The van der Waals surface area contributed by atoms with Gasteiger partial charge in [-0.3, -0.25) is 0 Å². The van der Waals surface area contributed by atoms with Crippen LogP contribution in [0.2, 0.25) is 0 Å². The molecule has 0 aliphatic rings. The predicted molar refractivity (Wildman–Crippen MR) is 79.8 cm³/mol. The van der Waals surface area contributed by atoms with Crippen molar-refractivity contribution in [1.82, 2.24) is 5.32 Å². The van der Waals surface area contributed by atoms with Crippen LogP contribution in [0.1, 0.15) is 32.8 Å². The van der Waals surface area contributed by atoms with Crippen LogP contribution in [0.3, 0.4) is 0 Å². The van der Waals surface area contributed by atoms with Crippen LogP contribution in [0, 0.1) is 0 Å². The zero-order valence-electron chi connectivity index (χ0n) is 11.3. The van der Waals surface area contributed by atoms with E-state index in [1.54, 1.807) is 0 Å². The summed E-state index contributed by atoms with van der Waals surface area (Å²) >= 11 is 2.03. The molecule has 0 amide bonds. The summed E-state index contributed by atoms with van der Waals surface area (Å²) in [7, 11) is 0. The van der Waals surface area contributed by atoms with E-state index in [9.17, 15) is 0 Å². The van der Waals surface area contributed by atoms with Gasteiger partial charge in [0.25, 0.3) is 0 Å². The summed E-state index contributed by atoms with van der Waals surface area (Å²) in [6, 6.07) is 11.9. The average Bonchev–Trinajstić information content (AvgIpc) is 2.30. The molecule has 17 heavy (non-hydrogen) atoms. The fraction of sp³-hybridized carbons (Fsp3) is 0.600. The first kappa shape index (κ1) is 14.6. The van der Waals surface area contributed by atoms with Gasteiger partial charge in [-0.1, -0.05) is 37.3 Å². The molecule has 0 saturated heterocycles. The lowest BCUT2D eigenvalue weighted by atomic mass is 10.1. The average molecular weight is 251 g/mol. The van der Waals surface area contributed by atoms with Gasteiger partial charge < -0.3 is 5.32 Å². The third-order valence-electron chi connectivity index (χ3n) is 2.85. The highest BCUT2D eigenvalue weighted by molar-refractivity contribution is 7.99. The van der Waals surface area contributed by atoms with Gasteiger partial charge in [0, 0.05) is 12.1 Å². The van der Waals surface area contributed by atoms with Crippen LogP contribution in [-0.4, -0.2) is 23.6 Å². The Bertz CT molecular complexity index is 286. The fourth-order valence-electron chi connectivity index (χ4n) is 2.00. The summed E-state index contributed by atoms with van der Waals surface area (Å²) in [4.78, 5) is 0. The van der Waals surface area contributed by atoms with Gasteiger partial charge in [0.05, 0.1) is 0 Å². The van der Waals surface area contributed by atoms with Crippen LogP contribution >= 0.6 is 11.8 Å². The molecule has 1 nitrogen and oxygen atoms in total. The number of hydrogen-bond acceptors (Lipinski definition) is 2. The maximum Gasteiger partial charge on any atom is 0.00816 e. The predicted octanol–water partition coefficient (Wildman–Crippen LogP) is 3.74. The summed E-state index contributed by atoms with van der Waals surface area (Å²) in [6.45, 7) is 6.79. The summed E-state index contributed by atoms with van der Waals surface area (Å²) in [5.41, 5.74) is 1.42. The minimum Gasteiger partial charge on any atom is -0.311 e. The number of thioether (sulfide) groups is 1. The van der Waals surface area contributed by atoms with Crippen molar-refractivity contribution in [3.05, 3.63) is 35.9 Å². The molecular formula is C15H25NS. The summed E-state index contributed by atoms with van der Waals surface area (Å²) in [5.74, 6) is 2.50. The lowest BCUT2D eigenvalue weighted by Gasteiger charge is -2.20. The third kappa shape index (κ3) is 6.75. The molecule has 0 heterocycles. The van der Waals surface area contributed by atoms with Gasteiger partial charge in [0.2, 0.25) is 0 Å². The van der Waals surface area contributed by atoms with Gasteiger partial charge in [0.1, 0.15) is 0 Å². The zero-order chi connectivity index (χ0) is 12.5. The molecule has 0 aliphatic heterocycles. The van der Waals surface area contributed by atoms with Gasteiger partial charge in [-0.25, -0.2) is 0 Å². The summed E-state index contributed by atoms with van der Waals surface area (Å²) in [6.07, 6.45) is 2.38. The number of hydrogen-bond donors (Lipinski definition) is 1. The van der Waals surface area contributed by atoms with Crippen molar-refractivity contribution < 1.29 is 0 Å². The Balaban J connectivity index is 2.22. The van der Waals surface area contributed by atoms with Crippen molar-refractivity contribution in [3.8, 4) is 0 Å². The molecule has 2 atom stereocenters. The van der Waals surface area contributed by atoms with Crippen molar-refractivity contribution in [2.45, 2.75) is 45.7 Å². The topological polar surface area (TPSA) is 12.0 Å². The second-order valence-corrected chi connectivity index (χ2v) is 6.04. The summed E-state index contributed by atoms with van der Waals surface area (Å²) < 4.78 is 0. The first-order chi connectivity index (χ1) is 8.22. The highest BCUT2D eigenvalue weighted by atomic mass is 32.2. The number of nitrogens with one attached hydrogen (secondary N) is 1. The second-order valence-electron chi connectivity index (χ2n) is 4.64. The van der Waals surface area contributed by atoms with E-state index in [1.165, 1.54) is 23.5 Å². The van der Waals surface area contributed by atoms with Crippen molar-refractivity contribution in [2.24, 2.45) is 0 Å². The molecule has 0 radical (unpaired) electrons. The molecule has 1 aromatic rings. The molecule has 0 fully saturated rings. The maximum atomic E-state index is 3.67. The molecule has 0 aromatic heterocycles. The molecule has 0 bridgehead atoms. The van der Waals surface area contributed by atoms with E-state index in [1.807, 2.05) is 11.8 Å². The van der Waals surface area contributed by atoms with E-state index >= 15 is 0 Å². The van der Waals surface area contributed by atoms with Crippen molar-refractivity contribution >= 4 is 11.8 Å². The highest BCUT2D eigenvalue weighted by Crippen LogP contribution is 2.07. The molecule has 1 aromatic carbocycles. The first-order valence-corrected chi connectivity index (χ1v) is 7.75. The first-order valence-electron chi connectivity index (χ1n) is 6.60. The Labute approximate surface area is 110 Å². The second kappa shape index (κ2) is 8.60. The van der Waals surface area contributed by atoms with Crippen molar-refractivity contribution in [3.63, 3.8) is 0 Å². The van der Waals surface area contributed by atoms with Gasteiger partial charge in [-0.15, -0.1) is 0 Å². The lowest BCUT2D eigenvalue weighted by molar-refractivity contribution is 0.457. The van der Waals surface area contributed by atoms with Crippen molar-refractivity contribution in [1.29, 1.82) is 0 Å². The number of rotatable bonds is 8. The van der Waals surface area contributed by atoms with Crippen LogP contribution in [0.25, 0.3) is 0 Å². The van der Waals surface area contributed by atoms with Gasteiger partial charge in [-0.05, 0) is 43.8 Å². The quantitative estimate of drug-likeness (QED) is 0.706. The monoisotopic (exact) mass is 251 g/mol.